The predicted octanol–water partition coefficient (Wildman–Crippen LogP) is 2.57. The number of nitrogens with zero attached hydrogens (tertiary/aromatic N) is 5. The Balaban J connectivity index is 1.80. The molecule has 0 aliphatic heterocycles. The molecule has 0 amide bonds. The lowest BCUT2D eigenvalue weighted by Crippen LogP contribution is -1.93. The highest BCUT2D eigenvalue weighted by Gasteiger charge is 2.17. The molecule has 24 heavy (non-hydrogen) atoms. The molecule has 0 saturated carbocycles. The average Bonchev–Trinajstić information content (AvgIpc) is 3.29. The molecule has 0 radical (unpaired) electrons. The Kier molecular flexibility index (Phi) is 3.42. The van der Waals surface area contributed by atoms with Gasteiger partial charge in [0, 0.05) is 11.3 Å². The van der Waals surface area contributed by atoms with Crippen molar-refractivity contribution in [2.45, 2.75) is 6.92 Å². The quantitative estimate of drug-likeness (QED) is 0.613. The maximum Gasteiger partial charge on any atom is 0.235 e. The zero-order valence-electron chi connectivity index (χ0n) is 13.3. The Morgan fingerprint density at radius 3 is 2.62 bits per heavy atom. The topological polar surface area (TPSA) is 90.2 Å². The summed E-state index contributed by atoms with van der Waals surface area (Å²) in [4.78, 5) is 0.704. The van der Waals surface area contributed by atoms with Crippen molar-refractivity contribution in [2.24, 2.45) is 0 Å². The Morgan fingerprint density at radius 2 is 1.92 bits per heavy atom. The highest BCUT2D eigenvalue weighted by Crippen LogP contribution is 2.34. The Bertz CT molecular complexity index is 1020. The number of nitrogens with one attached hydrogen (secondary N) is 1. The van der Waals surface area contributed by atoms with E-state index in [0.717, 1.165) is 16.3 Å². The van der Waals surface area contributed by atoms with Crippen LogP contribution in [0.4, 0.5) is 0 Å². The third-order valence-corrected chi connectivity index (χ3v) is 4.50. The first-order valence-electron chi connectivity index (χ1n) is 7.16. The first-order valence-corrected chi connectivity index (χ1v) is 7.98. The number of ether oxygens (including phenoxy) is 2. The first-order chi connectivity index (χ1) is 11.7. The van der Waals surface area contributed by atoms with Crippen LogP contribution in [0.1, 0.15) is 5.69 Å². The molecule has 3 heterocycles. The van der Waals surface area contributed by atoms with Crippen LogP contribution in [-0.4, -0.2) is 44.2 Å². The smallest absolute Gasteiger partial charge is 0.235 e. The minimum Gasteiger partial charge on any atom is -0.493 e. The van der Waals surface area contributed by atoms with Crippen LogP contribution in [0, 0.1) is 6.92 Å². The second-order valence-electron chi connectivity index (χ2n) is 5.13. The van der Waals surface area contributed by atoms with Crippen molar-refractivity contribution in [2.75, 3.05) is 14.2 Å². The summed E-state index contributed by atoms with van der Waals surface area (Å²) < 4.78 is 12.3. The van der Waals surface area contributed by atoms with E-state index in [1.165, 1.54) is 11.3 Å². The van der Waals surface area contributed by atoms with E-state index in [0.29, 0.717) is 28.0 Å². The van der Waals surface area contributed by atoms with Gasteiger partial charge in [0.1, 0.15) is 10.7 Å². The third kappa shape index (κ3) is 2.29. The summed E-state index contributed by atoms with van der Waals surface area (Å²) in [5.41, 5.74) is 2.59. The molecule has 0 aliphatic carbocycles. The van der Waals surface area contributed by atoms with E-state index in [1.54, 1.807) is 18.7 Å². The fourth-order valence-electron chi connectivity index (χ4n) is 2.40. The van der Waals surface area contributed by atoms with Crippen molar-refractivity contribution >= 4 is 16.3 Å². The minimum absolute atomic E-state index is 0.609. The lowest BCUT2D eigenvalue weighted by molar-refractivity contribution is 0.355. The summed E-state index contributed by atoms with van der Waals surface area (Å²) >= 11 is 1.45. The summed E-state index contributed by atoms with van der Waals surface area (Å²) in [7, 11) is 3.22. The van der Waals surface area contributed by atoms with Crippen molar-refractivity contribution in [3.63, 3.8) is 0 Å². The zero-order chi connectivity index (χ0) is 16.7. The fraction of sp³-hybridized carbons (Fsp3) is 0.200. The van der Waals surface area contributed by atoms with Gasteiger partial charge in [-0.3, -0.25) is 5.10 Å². The number of methoxy groups -OCH3 is 2. The number of aryl methyl sites for hydroxylation is 1. The summed E-state index contributed by atoms with van der Waals surface area (Å²) in [6, 6.07) is 7.59. The van der Waals surface area contributed by atoms with Gasteiger partial charge >= 0.3 is 0 Å². The number of rotatable bonds is 4. The lowest BCUT2D eigenvalue weighted by Gasteiger charge is -2.07. The van der Waals surface area contributed by atoms with Crippen LogP contribution in [0.5, 0.6) is 11.5 Å². The number of aromatic nitrogens is 6. The molecule has 0 bridgehead atoms. The van der Waals surface area contributed by atoms with Crippen LogP contribution in [0.25, 0.3) is 27.1 Å². The highest BCUT2D eigenvalue weighted by atomic mass is 32.1. The minimum atomic E-state index is 0.609. The van der Waals surface area contributed by atoms with Gasteiger partial charge in [-0.2, -0.15) is 14.7 Å². The Hall–Kier alpha value is -2.94. The molecule has 3 aromatic heterocycles. The molecule has 0 unspecified atom stereocenters. The summed E-state index contributed by atoms with van der Waals surface area (Å²) in [5, 5.41) is 20.9. The van der Waals surface area contributed by atoms with E-state index in [1.807, 2.05) is 31.2 Å². The first kappa shape index (κ1) is 14.6. The van der Waals surface area contributed by atoms with E-state index >= 15 is 0 Å². The Labute approximate surface area is 141 Å². The second-order valence-corrected chi connectivity index (χ2v) is 6.09. The number of hydrogen-bond acceptors (Lipinski definition) is 7. The zero-order valence-corrected chi connectivity index (χ0v) is 14.1. The fourth-order valence-corrected chi connectivity index (χ4v) is 3.23. The Morgan fingerprint density at radius 1 is 1.08 bits per heavy atom. The molecule has 0 saturated heterocycles. The molecule has 0 spiro atoms. The maximum atomic E-state index is 5.35. The molecule has 0 atom stereocenters. The van der Waals surface area contributed by atoms with Crippen molar-refractivity contribution in [1.82, 2.24) is 30.0 Å². The van der Waals surface area contributed by atoms with Crippen LogP contribution in [0.3, 0.4) is 0 Å². The van der Waals surface area contributed by atoms with Crippen molar-refractivity contribution in [3.8, 4) is 33.6 Å². The van der Waals surface area contributed by atoms with E-state index in [4.69, 9.17) is 9.47 Å². The van der Waals surface area contributed by atoms with E-state index in [2.05, 4.69) is 25.5 Å². The van der Waals surface area contributed by atoms with Crippen LogP contribution < -0.4 is 9.47 Å². The molecule has 9 heteroatoms. The van der Waals surface area contributed by atoms with Crippen LogP contribution >= 0.6 is 11.3 Å². The third-order valence-electron chi connectivity index (χ3n) is 3.56. The molecule has 4 rings (SSSR count). The molecule has 1 aromatic carbocycles. The largest absolute Gasteiger partial charge is 0.493 e. The van der Waals surface area contributed by atoms with Crippen molar-refractivity contribution < 1.29 is 9.47 Å². The standard InChI is InChI=1S/C15H14N6O2S/c1-8-6-10(17-16-8)13-18-19-15-21(13)20-14(24-15)9-4-5-11(22-2)12(7-9)23-3/h4-7H,1-3H3,(H,16,17). The monoisotopic (exact) mass is 342 g/mol. The molecule has 1 N–H and O–H groups in total. The van der Waals surface area contributed by atoms with Gasteiger partial charge in [0.05, 0.1) is 14.2 Å². The number of aromatic amines is 1. The van der Waals surface area contributed by atoms with Crippen molar-refractivity contribution in [3.05, 3.63) is 30.0 Å². The van der Waals surface area contributed by atoms with Gasteiger partial charge in [-0.05, 0) is 31.2 Å². The van der Waals surface area contributed by atoms with Gasteiger partial charge in [-0.25, -0.2) is 0 Å². The van der Waals surface area contributed by atoms with E-state index < -0.39 is 0 Å². The van der Waals surface area contributed by atoms with Gasteiger partial charge in [-0.15, -0.1) is 10.2 Å². The van der Waals surface area contributed by atoms with Gasteiger partial charge in [0.15, 0.2) is 11.5 Å². The van der Waals surface area contributed by atoms with Crippen molar-refractivity contribution in [1.29, 1.82) is 0 Å². The number of hydrogen-bond donors (Lipinski definition) is 1. The number of benzene rings is 1. The molecule has 0 fully saturated rings. The summed E-state index contributed by atoms with van der Waals surface area (Å²) in [6.45, 7) is 1.94. The van der Waals surface area contributed by atoms with E-state index in [-0.39, 0.29) is 0 Å². The summed E-state index contributed by atoms with van der Waals surface area (Å²) in [5.74, 6) is 1.94. The molecule has 8 nitrogen and oxygen atoms in total. The lowest BCUT2D eigenvalue weighted by atomic mass is 10.2. The van der Waals surface area contributed by atoms with Crippen LogP contribution in [0.15, 0.2) is 24.3 Å². The van der Waals surface area contributed by atoms with Crippen LogP contribution in [-0.2, 0) is 0 Å². The molecule has 122 valence electrons. The number of fused-ring (bicyclic) bond motifs is 1. The van der Waals surface area contributed by atoms with Crippen LogP contribution in [0.2, 0.25) is 0 Å². The van der Waals surface area contributed by atoms with Gasteiger partial charge in [-0.1, -0.05) is 11.3 Å². The highest BCUT2D eigenvalue weighted by molar-refractivity contribution is 7.19. The predicted molar refractivity (Wildman–Crippen MR) is 89.5 cm³/mol. The van der Waals surface area contributed by atoms with Gasteiger partial charge in [0.2, 0.25) is 10.8 Å². The molecular weight excluding hydrogens is 328 g/mol. The SMILES string of the molecule is COc1ccc(-c2nn3c(-c4cc(C)[nH]n4)nnc3s2)cc1OC. The summed E-state index contributed by atoms with van der Waals surface area (Å²) in [6.07, 6.45) is 0. The maximum absolute atomic E-state index is 5.35. The average molecular weight is 342 g/mol. The molecular formula is C15H14N6O2S. The molecule has 4 aromatic rings. The molecule has 0 aliphatic rings. The van der Waals surface area contributed by atoms with E-state index in [9.17, 15) is 0 Å². The second kappa shape index (κ2) is 5.60. The normalized spacial score (nSPS) is 11.1. The number of H-pyrrole nitrogens is 1. The van der Waals surface area contributed by atoms with Gasteiger partial charge in [0.25, 0.3) is 0 Å². The van der Waals surface area contributed by atoms with Gasteiger partial charge < -0.3 is 9.47 Å².